The van der Waals surface area contributed by atoms with Gasteiger partial charge >= 0.3 is 6.18 Å². The first kappa shape index (κ1) is 18.3. The van der Waals surface area contributed by atoms with Crippen molar-refractivity contribution in [2.75, 3.05) is 19.6 Å². The summed E-state index contributed by atoms with van der Waals surface area (Å²) < 4.78 is 40.0. The molecule has 25 heavy (non-hydrogen) atoms. The van der Waals surface area contributed by atoms with Gasteiger partial charge in [-0.1, -0.05) is 17.7 Å². The summed E-state index contributed by atoms with van der Waals surface area (Å²) in [6, 6.07) is 5.37. The molecule has 1 saturated heterocycles. The number of benzene rings is 1. The fourth-order valence-electron chi connectivity index (χ4n) is 2.86. The van der Waals surface area contributed by atoms with Gasteiger partial charge in [0.15, 0.2) is 0 Å². The number of alkyl halides is 3. The molecule has 0 aliphatic carbocycles. The van der Waals surface area contributed by atoms with Gasteiger partial charge in [0.25, 0.3) is 0 Å². The van der Waals surface area contributed by atoms with Crippen molar-refractivity contribution in [3.63, 3.8) is 0 Å². The average molecular weight is 370 g/mol. The van der Waals surface area contributed by atoms with Crippen LogP contribution >= 0.6 is 11.8 Å². The normalized spacial score (nSPS) is 16.3. The molecule has 136 valence electrons. The fraction of sp³-hybridized carbons (Fsp3) is 0.529. The number of rotatable bonds is 6. The summed E-state index contributed by atoms with van der Waals surface area (Å²) in [7, 11) is 0. The van der Waals surface area contributed by atoms with E-state index in [1.807, 2.05) is 10.9 Å². The van der Waals surface area contributed by atoms with Gasteiger partial charge in [0.05, 0.1) is 17.8 Å². The first-order valence-electron chi connectivity index (χ1n) is 8.42. The van der Waals surface area contributed by atoms with Gasteiger partial charge in [0.2, 0.25) is 0 Å². The van der Waals surface area contributed by atoms with Crippen molar-refractivity contribution < 1.29 is 13.2 Å². The number of aromatic nitrogens is 3. The number of hydrogen-bond donors (Lipinski definition) is 0. The SMILES string of the molecule is FC(F)(F)c1cccc(SCc2cn(CCN3CCCCC3)nn2)c1. The van der Waals surface area contributed by atoms with Crippen LogP contribution in [-0.4, -0.2) is 39.5 Å². The minimum absolute atomic E-state index is 0.505. The van der Waals surface area contributed by atoms with Crippen molar-refractivity contribution in [3.8, 4) is 0 Å². The van der Waals surface area contributed by atoms with E-state index in [-0.39, 0.29) is 0 Å². The van der Waals surface area contributed by atoms with Gasteiger partial charge in [-0.2, -0.15) is 13.2 Å². The summed E-state index contributed by atoms with van der Waals surface area (Å²) >= 11 is 1.34. The Balaban J connectivity index is 1.50. The van der Waals surface area contributed by atoms with Gasteiger partial charge in [-0.3, -0.25) is 4.68 Å². The van der Waals surface area contributed by atoms with Crippen LogP contribution in [0.1, 0.15) is 30.5 Å². The summed E-state index contributed by atoms with van der Waals surface area (Å²) in [5.41, 5.74) is 0.156. The van der Waals surface area contributed by atoms with E-state index in [0.29, 0.717) is 10.6 Å². The first-order valence-corrected chi connectivity index (χ1v) is 9.41. The molecule has 1 aromatic heterocycles. The molecule has 0 atom stereocenters. The van der Waals surface area contributed by atoms with Crippen molar-refractivity contribution in [3.05, 3.63) is 41.7 Å². The highest BCUT2D eigenvalue weighted by Crippen LogP contribution is 2.32. The lowest BCUT2D eigenvalue weighted by atomic mass is 10.1. The third kappa shape index (κ3) is 5.47. The first-order chi connectivity index (χ1) is 12.0. The van der Waals surface area contributed by atoms with Crippen LogP contribution in [0.15, 0.2) is 35.4 Å². The molecule has 0 saturated carbocycles. The van der Waals surface area contributed by atoms with Gasteiger partial charge in [-0.15, -0.1) is 16.9 Å². The third-order valence-electron chi connectivity index (χ3n) is 4.23. The maximum atomic E-state index is 12.7. The van der Waals surface area contributed by atoms with E-state index in [0.717, 1.165) is 37.9 Å². The molecule has 3 rings (SSSR count). The molecular formula is C17H21F3N4S. The lowest BCUT2D eigenvalue weighted by Gasteiger charge is -2.25. The number of likely N-dealkylation sites (tertiary alicyclic amines) is 1. The van der Waals surface area contributed by atoms with Crippen LogP contribution in [0.4, 0.5) is 13.2 Å². The summed E-state index contributed by atoms with van der Waals surface area (Å²) in [4.78, 5) is 3.01. The number of halogens is 3. The zero-order chi connectivity index (χ0) is 17.7. The highest BCUT2D eigenvalue weighted by atomic mass is 32.2. The van der Waals surface area contributed by atoms with E-state index in [2.05, 4.69) is 15.2 Å². The molecule has 1 fully saturated rings. The summed E-state index contributed by atoms with van der Waals surface area (Å²) in [5, 5.41) is 8.23. The second kappa shape index (κ2) is 8.23. The van der Waals surface area contributed by atoms with Gasteiger partial charge in [-0.25, -0.2) is 0 Å². The molecular weight excluding hydrogens is 349 g/mol. The largest absolute Gasteiger partial charge is 0.416 e. The Kier molecular flexibility index (Phi) is 6.01. The molecule has 1 aliphatic rings. The van der Waals surface area contributed by atoms with Gasteiger partial charge in [0, 0.05) is 23.4 Å². The maximum absolute atomic E-state index is 12.7. The zero-order valence-corrected chi connectivity index (χ0v) is 14.7. The minimum atomic E-state index is -4.31. The second-order valence-corrected chi connectivity index (χ2v) is 7.24. The molecule has 1 aromatic carbocycles. The van der Waals surface area contributed by atoms with E-state index in [1.165, 1.54) is 43.2 Å². The van der Waals surface area contributed by atoms with Gasteiger partial charge < -0.3 is 4.90 Å². The van der Waals surface area contributed by atoms with Crippen LogP contribution in [0.2, 0.25) is 0 Å². The van der Waals surface area contributed by atoms with E-state index in [1.54, 1.807) is 6.07 Å². The highest BCUT2D eigenvalue weighted by molar-refractivity contribution is 7.98. The fourth-order valence-corrected chi connectivity index (χ4v) is 3.69. The summed E-state index contributed by atoms with van der Waals surface area (Å²) in [6.07, 6.45) is 1.40. The Morgan fingerprint density at radius 3 is 2.64 bits per heavy atom. The Morgan fingerprint density at radius 1 is 1.08 bits per heavy atom. The predicted molar refractivity (Wildman–Crippen MR) is 91.3 cm³/mol. The van der Waals surface area contributed by atoms with Gasteiger partial charge in [-0.05, 0) is 44.1 Å². The van der Waals surface area contributed by atoms with Crippen molar-refractivity contribution in [1.29, 1.82) is 0 Å². The molecule has 0 spiro atoms. The Bertz CT molecular complexity index is 681. The van der Waals surface area contributed by atoms with Crippen LogP contribution in [0.3, 0.4) is 0 Å². The number of thioether (sulfide) groups is 1. The molecule has 8 heteroatoms. The van der Waals surface area contributed by atoms with Crippen LogP contribution < -0.4 is 0 Å². The third-order valence-corrected chi connectivity index (χ3v) is 5.26. The molecule has 4 nitrogen and oxygen atoms in total. The Labute approximate surface area is 149 Å². The summed E-state index contributed by atoms with van der Waals surface area (Å²) in [6.45, 7) is 4.05. The lowest BCUT2D eigenvalue weighted by molar-refractivity contribution is -0.137. The number of piperidine rings is 1. The van der Waals surface area contributed by atoms with E-state index < -0.39 is 11.7 Å². The smallest absolute Gasteiger partial charge is 0.301 e. The van der Waals surface area contributed by atoms with Crippen LogP contribution in [0, 0.1) is 0 Å². The van der Waals surface area contributed by atoms with Crippen LogP contribution in [-0.2, 0) is 18.5 Å². The summed E-state index contributed by atoms with van der Waals surface area (Å²) in [5.74, 6) is 0.505. The lowest BCUT2D eigenvalue weighted by Crippen LogP contribution is -2.32. The molecule has 0 N–H and O–H groups in total. The van der Waals surface area contributed by atoms with Crippen molar-refractivity contribution in [1.82, 2.24) is 19.9 Å². The van der Waals surface area contributed by atoms with Crippen molar-refractivity contribution >= 4 is 11.8 Å². The van der Waals surface area contributed by atoms with E-state index in [9.17, 15) is 13.2 Å². The van der Waals surface area contributed by atoms with E-state index in [4.69, 9.17) is 0 Å². The van der Waals surface area contributed by atoms with Crippen LogP contribution in [0.5, 0.6) is 0 Å². The monoisotopic (exact) mass is 370 g/mol. The van der Waals surface area contributed by atoms with Crippen molar-refractivity contribution in [2.24, 2.45) is 0 Å². The number of nitrogens with zero attached hydrogens (tertiary/aromatic N) is 4. The molecule has 2 heterocycles. The number of hydrogen-bond acceptors (Lipinski definition) is 4. The molecule has 1 aliphatic heterocycles. The topological polar surface area (TPSA) is 34.0 Å². The Hall–Kier alpha value is -1.54. The average Bonchev–Trinajstić information content (AvgIpc) is 3.07. The highest BCUT2D eigenvalue weighted by Gasteiger charge is 2.30. The quantitative estimate of drug-likeness (QED) is 0.718. The second-order valence-electron chi connectivity index (χ2n) is 6.19. The maximum Gasteiger partial charge on any atom is 0.416 e. The molecule has 0 bridgehead atoms. The molecule has 0 amide bonds. The zero-order valence-electron chi connectivity index (χ0n) is 13.9. The Morgan fingerprint density at radius 2 is 1.88 bits per heavy atom. The van der Waals surface area contributed by atoms with E-state index >= 15 is 0 Å². The standard InChI is InChI=1S/C17H21F3N4S/c18-17(19,20)14-5-4-6-16(11-14)25-13-15-12-24(22-21-15)10-9-23-7-2-1-3-8-23/h4-6,11-12H,1-3,7-10,13H2. The molecule has 0 radical (unpaired) electrons. The molecule has 2 aromatic rings. The van der Waals surface area contributed by atoms with Gasteiger partial charge in [0.1, 0.15) is 0 Å². The minimum Gasteiger partial charge on any atom is -0.301 e. The van der Waals surface area contributed by atoms with Crippen molar-refractivity contribution in [2.45, 2.75) is 42.6 Å². The van der Waals surface area contributed by atoms with Crippen LogP contribution in [0.25, 0.3) is 0 Å². The predicted octanol–water partition coefficient (Wildman–Crippen LogP) is 4.08. The molecule has 0 unspecified atom stereocenters.